The third-order valence-electron chi connectivity index (χ3n) is 13.6. The van der Waals surface area contributed by atoms with Crippen molar-refractivity contribution in [3.05, 3.63) is 29.8 Å². The van der Waals surface area contributed by atoms with Gasteiger partial charge in [-0.05, 0) is 50.8 Å². The Bertz CT molecular complexity index is 2830. The van der Waals surface area contributed by atoms with Gasteiger partial charge in [0.2, 0.25) is 76.8 Å². The topological polar surface area (TPSA) is 525 Å². The van der Waals surface area contributed by atoms with Crippen molar-refractivity contribution in [3.63, 3.8) is 0 Å². The molecule has 1 aromatic rings. The van der Waals surface area contributed by atoms with Gasteiger partial charge in [0.05, 0.1) is 25.1 Å². The number of carboxylic acids is 2. The van der Waals surface area contributed by atoms with Crippen molar-refractivity contribution in [2.75, 3.05) is 47.6 Å². The first kappa shape index (κ1) is 72.8. The van der Waals surface area contributed by atoms with Gasteiger partial charge in [0.25, 0.3) is 0 Å². The largest absolute Gasteiger partial charge is 0.508 e. The first-order valence-corrected chi connectivity index (χ1v) is 34.9. The average Bonchev–Trinajstić information content (AvgIpc) is 2.60. The van der Waals surface area contributed by atoms with Gasteiger partial charge in [-0.3, -0.25) is 67.1 Å². The second kappa shape index (κ2) is 35.5. The highest BCUT2D eigenvalue weighted by Gasteiger charge is 2.42. The molecular weight excluding hydrogens is 1290 g/mol. The molecule has 4 fully saturated rings. The zero-order valence-corrected chi connectivity index (χ0v) is 52.6. The van der Waals surface area contributed by atoms with Gasteiger partial charge in [-0.1, -0.05) is 76.9 Å². The van der Waals surface area contributed by atoms with Crippen LogP contribution >= 0.6 is 64.8 Å². The molecule has 0 aromatic heterocycles. The van der Waals surface area contributed by atoms with Crippen molar-refractivity contribution >= 4 is 153 Å². The van der Waals surface area contributed by atoms with Gasteiger partial charge >= 0.3 is 11.9 Å². The monoisotopic (exact) mass is 1360 g/mol. The highest BCUT2D eigenvalue weighted by Crippen LogP contribution is 2.27. The predicted octanol–water partition coefficient (Wildman–Crippen LogP) is -6.37. The van der Waals surface area contributed by atoms with Crippen LogP contribution in [0.2, 0.25) is 0 Å². The van der Waals surface area contributed by atoms with Gasteiger partial charge in [-0.2, -0.15) is 0 Å². The number of amides is 13. The zero-order valence-electron chi connectivity index (χ0n) is 47.7. The first-order chi connectivity index (χ1) is 42.1. The minimum atomic E-state index is -1.86. The molecule has 5 rings (SSSR count). The van der Waals surface area contributed by atoms with Crippen LogP contribution in [0.4, 0.5) is 0 Å². The van der Waals surface area contributed by atoms with Crippen LogP contribution in [0.1, 0.15) is 51.5 Å². The minimum Gasteiger partial charge on any atom is -0.508 e. The van der Waals surface area contributed by atoms with E-state index in [2.05, 4.69) is 58.5 Å². The summed E-state index contributed by atoms with van der Waals surface area (Å²) in [7, 11) is 4.86. The Morgan fingerprint density at radius 3 is 1.65 bits per heavy atom. The SMILES string of the molecule is C[C@@H]1NC(=O)[C@@H]2CCCN2C(=O)[C@H](CC(N)=O)NC(=O)[C@@H]2CSSC[C@H](N)C(=O)N[C@H]3CSSC[C@H](NC1=O)C(=O)N[C@@H]([C@H](C)O)C(=O)NCC(=O)N[C@H](C(=O)O)CSSC[C@H](NC(=O)[C@H](Cc1ccc(O)cc1)NC(=O)[C@H](CCC(=O)O)NC3=O)C(=O)N2. The number of rotatable bonds is 9. The Hall–Kier alpha value is -6.91. The quantitative estimate of drug-likeness (QED) is 0.0808. The summed E-state index contributed by atoms with van der Waals surface area (Å²) in [4.78, 5) is 209. The number of phenolic OH excluding ortho intramolecular Hbond substituents is 1. The second-order valence-electron chi connectivity index (χ2n) is 20.5. The van der Waals surface area contributed by atoms with Crippen LogP contribution in [-0.4, -0.2) is 240 Å². The molecule has 490 valence electrons. The van der Waals surface area contributed by atoms with Crippen LogP contribution < -0.4 is 70.0 Å². The van der Waals surface area contributed by atoms with Crippen molar-refractivity contribution in [3.8, 4) is 5.75 Å². The molecule has 4 bridgehead atoms. The number of nitrogens with one attached hydrogen (secondary N) is 11. The molecule has 4 aliphatic heterocycles. The van der Waals surface area contributed by atoms with E-state index in [1.54, 1.807) is 0 Å². The van der Waals surface area contributed by atoms with E-state index in [0.29, 0.717) is 5.56 Å². The van der Waals surface area contributed by atoms with Crippen molar-refractivity contribution in [2.24, 2.45) is 11.5 Å². The van der Waals surface area contributed by atoms with Crippen molar-refractivity contribution in [1.82, 2.24) is 63.4 Å². The molecule has 4 heterocycles. The fraction of sp³-hybridized carbons (Fsp3) is 0.580. The molecule has 13 amide bonds. The van der Waals surface area contributed by atoms with Gasteiger partial charge in [0, 0.05) is 53.9 Å². The maximum absolute atomic E-state index is 14.8. The summed E-state index contributed by atoms with van der Waals surface area (Å²) >= 11 is 0. The molecule has 89 heavy (non-hydrogen) atoms. The van der Waals surface area contributed by atoms with Gasteiger partial charge < -0.3 is 95.3 Å². The normalized spacial score (nSPS) is 29.2. The zero-order chi connectivity index (χ0) is 65.6. The number of hydrogen-bond donors (Lipinski definition) is 17. The number of fused-ring (bicyclic) bond motifs is 20. The molecule has 0 saturated carbocycles. The van der Waals surface area contributed by atoms with Crippen molar-refractivity contribution in [1.29, 1.82) is 0 Å². The van der Waals surface area contributed by atoms with E-state index < -0.39 is 228 Å². The molecule has 4 aliphatic rings. The Labute approximate surface area is 531 Å². The van der Waals surface area contributed by atoms with E-state index in [9.17, 15) is 92.3 Å². The first-order valence-electron chi connectivity index (χ1n) is 27.4. The number of phenols is 1. The number of benzene rings is 1. The van der Waals surface area contributed by atoms with Crippen molar-refractivity contribution < 1.29 is 92.3 Å². The van der Waals surface area contributed by atoms with E-state index in [4.69, 9.17) is 11.5 Å². The number of aromatic hydroxyl groups is 1. The predicted molar refractivity (Wildman–Crippen MR) is 327 cm³/mol. The van der Waals surface area contributed by atoms with Gasteiger partial charge in [-0.25, -0.2) is 4.79 Å². The summed E-state index contributed by atoms with van der Waals surface area (Å²) < 4.78 is 0. The molecule has 39 heteroatoms. The molecule has 1 aromatic carbocycles. The highest BCUT2D eigenvalue weighted by atomic mass is 33.1. The van der Waals surface area contributed by atoms with Gasteiger partial charge in [0.1, 0.15) is 72.2 Å². The van der Waals surface area contributed by atoms with Crippen LogP contribution in [0.3, 0.4) is 0 Å². The number of carbonyl (C=O) groups is 15. The molecular formula is C50H70N14O19S6. The lowest BCUT2D eigenvalue weighted by molar-refractivity contribution is -0.143. The number of aliphatic hydroxyl groups excluding tert-OH is 1. The number of nitrogens with zero attached hydrogens (tertiary/aromatic N) is 1. The lowest BCUT2D eigenvalue weighted by atomic mass is 10.0. The summed E-state index contributed by atoms with van der Waals surface area (Å²) in [5.41, 5.74) is 12.2. The second-order valence-corrected chi connectivity index (χ2v) is 28.2. The van der Waals surface area contributed by atoms with Crippen molar-refractivity contribution in [2.45, 2.75) is 131 Å². The van der Waals surface area contributed by atoms with Gasteiger partial charge in [0.15, 0.2) is 0 Å². The maximum Gasteiger partial charge on any atom is 0.327 e. The molecule has 33 nitrogen and oxygen atoms in total. The smallest absolute Gasteiger partial charge is 0.327 e. The summed E-state index contributed by atoms with van der Waals surface area (Å²) in [6, 6.07) is -14.7. The fourth-order valence-corrected chi connectivity index (χ4v) is 15.6. The summed E-state index contributed by atoms with van der Waals surface area (Å²) in [6.45, 7) is 1.31. The third-order valence-corrected chi connectivity index (χ3v) is 20.9. The van der Waals surface area contributed by atoms with Crippen LogP contribution in [0.5, 0.6) is 5.75 Å². The Morgan fingerprint density at radius 1 is 0.596 bits per heavy atom. The molecule has 0 aliphatic carbocycles. The highest BCUT2D eigenvalue weighted by molar-refractivity contribution is 8.77. The Morgan fingerprint density at radius 2 is 1.09 bits per heavy atom. The molecule has 19 N–H and O–H groups in total. The van der Waals surface area contributed by atoms with E-state index in [1.807, 2.05) is 0 Å². The number of carboxylic acid groups (broad SMARTS) is 2. The molecule has 13 atom stereocenters. The summed E-state index contributed by atoms with van der Waals surface area (Å²) in [6.07, 6.45) is -4.12. The van der Waals surface area contributed by atoms with Crippen LogP contribution in [-0.2, 0) is 78.3 Å². The average molecular weight is 1360 g/mol. The van der Waals surface area contributed by atoms with E-state index in [0.717, 1.165) is 76.6 Å². The standard InChI is InChI=1S/C50H70N14O19S6/c1-21-39(71)59-32-19-87-86-16-29-43(75)56-26(9-10-37(69)70)41(73)57-27(12-23-5-7-24(66)8-6-23)42(74)61-31(18-88-89-20-33(50(82)83)55-36(68)14-53-48(80)38(22(2)65)63-46(32)78)45(77)62-30(17-85-84-15-25(51)40(72)60-29)44(76)58-28(13-35(52)67)49(81)64-11-3-4-34(64)47(79)54-21/h5-8,21-22,25-34,38,65-66H,3-4,9-20,51H2,1-2H3,(H2,52,67)(H,53,80)(H,54,79)(H,55,68)(H,56,75)(H,57,73)(H,58,76)(H,59,71)(H,60,72)(H,61,74)(H,62,77)(H,63,78)(H,69,70)(H,82,83)/t21-,22-,25-,26-,27-,28-,29-,30-,31-,32-,33-,34-,38-/m0/s1. The summed E-state index contributed by atoms with van der Waals surface area (Å²) in [5.74, 6) is -19.7. The molecule has 4 saturated heterocycles. The number of nitrogens with two attached hydrogens (primary N) is 2. The lowest BCUT2D eigenvalue weighted by Gasteiger charge is -2.30. The van der Waals surface area contributed by atoms with Crippen LogP contribution in [0.25, 0.3) is 0 Å². The van der Waals surface area contributed by atoms with E-state index in [1.165, 1.54) is 31.2 Å². The molecule has 0 spiro atoms. The minimum absolute atomic E-state index is 0.0143. The number of aliphatic carboxylic acids is 2. The third kappa shape index (κ3) is 23.1. The van der Waals surface area contributed by atoms with E-state index >= 15 is 0 Å². The Balaban J connectivity index is 1.75. The lowest BCUT2D eigenvalue weighted by Crippen LogP contribution is -2.61. The fourth-order valence-electron chi connectivity index (χ4n) is 8.70. The number of primary amides is 1. The molecule has 0 unspecified atom stereocenters. The maximum atomic E-state index is 14.8. The molecule has 0 radical (unpaired) electrons. The number of aliphatic hydroxyl groups is 1. The van der Waals surface area contributed by atoms with E-state index in [-0.39, 0.29) is 30.9 Å². The number of hydrogen-bond acceptors (Lipinski definition) is 24. The summed E-state index contributed by atoms with van der Waals surface area (Å²) in [5, 5.41) is 67.4. The van der Waals surface area contributed by atoms with Crippen LogP contribution in [0.15, 0.2) is 24.3 Å². The number of carbonyl (C=O) groups excluding carboxylic acids is 13. The Kier molecular flexibility index (Phi) is 29.0. The van der Waals surface area contributed by atoms with Crippen LogP contribution in [0, 0.1) is 0 Å². The van der Waals surface area contributed by atoms with Gasteiger partial charge in [-0.15, -0.1) is 0 Å².